The number of rotatable bonds is 1. The molecule has 1 aromatic heterocycles. The molecule has 1 aliphatic rings. The summed E-state index contributed by atoms with van der Waals surface area (Å²) in [6.45, 7) is -12.5. The van der Waals surface area contributed by atoms with Crippen molar-refractivity contribution in [2.45, 2.75) is 0 Å². The van der Waals surface area contributed by atoms with Crippen molar-refractivity contribution >= 4 is 33.5 Å². The highest BCUT2D eigenvalue weighted by molar-refractivity contribution is 9.10. The number of hydrogen-bond donors (Lipinski definition) is 0. The zero-order valence-electron chi connectivity index (χ0n) is 14.6. The van der Waals surface area contributed by atoms with Crippen LogP contribution in [0.25, 0.3) is 0 Å². The van der Waals surface area contributed by atoms with E-state index in [0.717, 1.165) is 6.20 Å². The van der Waals surface area contributed by atoms with Crippen LogP contribution in [0.15, 0.2) is 10.7 Å². The second-order valence-corrected chi connectivity index (χ2v) is 3.39. The molecule has 2 rings (SSSR count). The van der Waals surface area contributed by atoms with Gasteiger partial charge in [-0.15, -0.1) is 0 Å². The van der Waals surface area contributed by atoms with Crippen molar-refractivity contribution in [1.29, 1.82) is 0 Å². The summed E-state index contributed by atoms with van der Waals surface area (Å²) in [7, 11) is 0. The summed E-state index contributed by atoms with van der Waals surface area (Å²) in [4.78, 5) is 7.54. The zero-order valence-corrected chi connectivity index (χ0v) is 8.93. The molecule has 1 saturated heterocycles. The lowest BCUT2D eigenvalue weighted by molar-refractivity contribution is 0.122. The lowest BCUT2D eigenvalue weighted by Gasteiger charge is -2.26. The number of nitrogens with zero attached hydrogens (tertiary/aromatic N) is 3. The summed E-state index contributed by atoms with van der Waals surface area (Å²) in [6.07, 6.45) is 1.12. The van der Waals surface area contributed by atoms with Gasteiger partial charge >= 0.3 is 0 Å². The van der Waals surface area contributed by atoms with E-state index in [1.165, 1.54) is 0 Å². The minimum Gasteiger partial charge on any atom is -0.378 e. The van der Waals surface area contributed by atoms with Gasteiger partial charge in [-0.05, 0) is 15.9 Å². The average Bonchev–Trinajstić information content (AvgIpc) is 2.30. The Kier molecular flexibility index (Phi) is 1.34. The average molecular weight is 287 g/mol. The van der Waals surface area contributed by atoms with Crippen molar-refractivity contribution in [3.63, 3.8) is 0 Å². The van der Waals surface area contributed by atoms with Gasteiger partial charge < -0.3 is 9.64 Å². The molecule has 0 bridgehead atoms. The van der Waals surface area contributed by atoms with Crippen molar-refractivity contribution < 1.29 is 15.7 Å². The molecule has 1 fully saturated rings. The molecule has 14 heavy (non-hydrogen) atoms. The van der Waals surface area contributed by atoms with Gasteiger partial charge in [-0.1, -0.05) is 11.6 Å². The van der Waals surface area contributed by atoms with E-state index in [0.29, 0.717) is 0 Å². The van der Waals surface area contributed by atoms with Crippen LogP contribution in [-0.4, -0.2) is 36.1 Å². The van der Waals surface area contributed by atoms with Gasteiger partial charge in [0, 0.05) is 19.2 Å². The molecule has 0 N–H and O–H groups in total. The molecule has 1 aromatic rings. The third kappa shape index (κ3) is 2.16. The predicted octanol–water partition coefficient (Wildman–Crippen LogP) is 1.73. The molecule has 0 unspecified atom stereocenters. The maximum absolute atomic E-state index is 7.83. The van der Waals surface area contributed by atoms with Crippen molar-refractivity contribution in [1.82, 2.24) is 9.97 Å². The van der Waals surface area contributed by atoms with Gasteiger partial charge in [0.1, 0.15) is 5.15 Å². The lowest BCUT2D eigenvalue weighted by atomic mass is 10.4. The Hall–Kier alpha value is -0.390. The lowest BCUT2D eigenvalue weighted by Crippen LogP contribution is -2.37. The molecule has 6 heteroatoms. The van der Waals surface area contributed by atoms with E-state index >= 15 is 0 Å². The van der Waals surface area contributed by atoms with Crippen LogP contribution in [0.1, 0.15) is 11.0 Å². The van der Waals surface area contributed by atoms with Crippen LogP contribution in [0.5, 0.6) is 0 Å². The van der Waals surface area contributed by atoms with Crippen LogP contribution in [0, 0.1) is 0 Å². The van der Waals surface area contributed by atoms with Crippen LogP contribution >= 0.6 is 27.5 Å². The summed E-state index contributed by atoms with van der Waals surface area (Å²) in [5, 5.41) is -0.163. The van der Waals surface area contributed by atoms with E-state index in [2.05, 4.69) is 30.6 Å². The van der Waals surface area contributed by atoms with Crippen LogP contribution < -0.4 is 4.90 Å². The van der Waals surface area contributed by atoms with Crippen LogP contribution in [0.2, 0.25) is 5.15 Å². The molecule has 0 saturated carbocycles. The first-order chi connectivity index (χ1) is 9.74. The quantitative estimate of drug-likeness (QED) is 0.737. The fourth-order valence-corrected chi connectivity index (χ4v) is 1.05. The summed E-state index contributed by atoms with van der Waals surface area (Å²) >= 11 is 8.79. The first-order valence-corrected chi connectivity index (χ1v) is 4.60. The van der Waals surface area contributed by atoms with E-state index in [1.807, 2.05) is 0 Å². The molecule has 2 heterocycles. The minimum absolute atomic E-state index is 0.155. The molecular weight excluding hydrogens is 269 g/mol. The zero-order chi connectivity index (χ0) is 17.1. The molecule has 0 radical (unpaired) electrons. The van der Waals surface area contributed by atoms with Crippen molar-refractivity contribution in [3.8, 4) is 0 Å². The molecular formula is C8H9BrClN3O. The van der Waals surface area contributed by atoms with E-state index in [9.17, 15) is 0 Å². The van der Waals surface area contributed by atoms with Gasteiger partial charge in [-0.2, -0.15) is 4.98 Å². The van der Waals surface area contributed by atoms with Crippen LogP contribution in [0.3, 0.4) is 0 Å². The Balaban J connectivity index is 2.68. The number of halogens is 2. The second-order valence-electron chi connectivity index (χ2n) is 2.17. The van der Waals surface area contributed by atoms with Crippen LogP contribution in [-0.2, 0) is 4.74 Å². The highest BCUT2D eigenvalue weighted by Gasteiger charge is 2.14. The number of anilines is 1. The van der Waals surface area contributed by atoms with Gasteiger partial charge in [-0.3, -0.25) is 0 Å². The molecule has 0 amide bonds. The SMILES string of the molecule is [2H]C1([2H])OC([2H])([2H])C([2H])([2H])N(c2ncc(Br)c(Cl)n2)C1([2H])[2H]. The Morgan fingerprint density at radius 1 is 1.57 bits per heavy atom. The van der Waals surface area contributed by atoms with Crippen LogP contribution in [0.4, 0.5) is 5.95 Å². The van der Waals surface area contributed by atoms with Gasteiger partial charge in [0.2, 0.25) is 5.95 Å². The van der Waals surface area contributed by atoms with Crippen molar-refractivity contribution in [3.05, 3.63) is 15.8 Å². The molecule has 0 aromatic carbocycles. The van der Waals surface area contributed by atoms with Gasteiger partial charge in [0.05, 0.1) is 28.6 Å². The Labute approximate surface area is 107 Å². The fraction of sp³-hybridized carbons (Fsp3) is 0.500. The molecule has 76 valence electrons. The van der Waals surface area contributed by atoms with Gasteiger partial charge in [0.15, 0.2) is 0 Å². The normalized spacial score (nSPS) is 40.0. The predicted molar refractivity (Wildman–Crippen MR) is 57.8 cm³/mol. The first kappa shape index (κ1) is 4.23. The monoisotopic (exact) mass is 285 g/mol. The van der Waals surface area contributed by atoms with E-state index in [1.54, 1.807) is 0 Å². The maximum atomic E-state index is 7.83. The highest BCUT2D eigenvalue weighted by Crippen LogP contribution is 2.21. The molecule has 0 atom stereocenters. The minimum atomic E-state index is -3.16. The summed E-state index contributed by atoms with van der Waals surface area (Å²) in [6, 6.07) is 0. The van der Waals surface area contributed by atoms with Crippen molar-refractivity contribution in [2.75, 3.05) is 31.0 Å². The number of morpholine rings is 1. The summed E-state index contributed by atoms with van der Waals surface area (Å²) < 4.78 is 66.2. The standard InChI is InChI=1S/C8H9BrClN3O/c9-6-5-11-8(12-7(6)10)13-1-3-14-4-2-13/h5H,1-4H2/i1D2,2D2,3D2,4D2. The van der Waals surface area contributed by atoms with E-state index in [4.69, 9.17) is 22.6 Å². The smallest absolute Gasteiger partial charge is 0.226 e. The third-order valence-corrected chi connectivity index (χ3v) is 2.40. The molecule has 4 nitrogen and oxygen atoms in total. The topological polar surface area (TPSA) is 38.2 Å². The summed E-state index contributed by atoms with van der Waals surface area (Å²) in [5.74, 6) is -0.612. The molecule has 1 aliphatic heterocycles. The number of ether oxygens (including phenoxy) is 1. The van der Waals surface area contributed by atoms with E-state index in [-0.39, 0.29) is 14.5 Å². The highest BCUT2D eigenvalue weighted by atomic mass is 79.9. The third-order valence-electron chi connectivity index (χ3n) is 1.31. The maximum Gasteiger partial charge on any atom is 0.226 e. The second kappa shape index (κ2) is 4.42. The fourth-order valence-electron chi connectivity index (χ4n) is 0.736. The largest absolute Gasteiger partial charge is 0.378 e. The van der Waals surface area contributed by atoms with Gasteiger partial charge in [-0.25, -0.2) is 4.98 Å². The Bertz CT molecular complexity index is 589. The number of aromatic nitrogens is 2. The summed E-state index contributed by atoms with van der Waals surface area (Å²) in [5.41, 5.74) is 0. The Morgan fingerprint density at radius 3 is 2.93 bits per heavy atom. The van der Waals surface area contributed by atoms with Crippen molar-refractivity contribution in [2.24, 2.45) is 0 Å². The number of hydrogen-bond acceptors (Lipinski definition) is 4. The molecule has 0 spiro atoms. The Morgan fingerprint density at radius 2 is 2.29 bits per heavy atom. The van der Waals surface area contributed by atoms with Gasteiger partial charge in [0.25, 0.3) is 0 Å². The first-order valence-electron chi connectivity index (χ1n) is 7.42. The van der Waals surface area contributed by atoms with E-state index < -0.39 is 32.1 Å². The molecule has 0 aliphatic carbocycles.